The van der Waals surface area contributed by atoms with Crippen LogP contribution < -0.4 is 5.32 Å². The lowest BCUT2D eigenvalue weighted by molar-refractivity contribution is 0.0566. The van der Waals surface area contributed by atoms with Gasteiger partial charge in [0.2, 0.25) is 0 Å². The minimum absolute atomic E-state index is 0.101. The summed E-state index contributed by atoms with van der Waals surface area (Å²) in [5.41, 5.74) is 1.34. The molecule has 0 unspecified atom stereocenters. The second kappa shape index (κ2) is 8.36. The molecular weight excluding hydrogens is 296 g/mol. The van der Waals surface area contributed by atoms with E-state index in [9.17, 15) is 9.59 Å². The molecule has 23 heavy (non-hydrogen) atoms. The molecule has 0 radical (unpaired) electrons. The Kier molecular flexibility index (Phi) is 6.19. The summed E-state index contributed by atoms with van der Waals surface area (Å²) in [4.78, 5) is 31.7. The highest BCUT2D eigenvalue weighted by Crippen LogP contribution is 2.11. The molecule has 1 aliphatic rings. The van der Waals surface area contributed by atoms with Crippen LogP contribution in [0, 0.1) is 0 Å². The topological polar surface area (TPSA) is 74.8 Å². The van der Waals surface area contributed by atoms with E-state index in [4.69, 9.17) is 4.74 Å². The van der Waals surface area contributed by atoms with Gasteiger partial charge in [0, 0.05) is 32.7 Å². The van der Waals surface area contributed by atoms with Crippen molar-refractivity contribution >= 4 is 17.7 Å². The van der Waals surface area contributed by atoms with Crippen LogP contribution in [0.5, 0.6) is 0 Å². The highest BCUT2D eigenvalue weighted by Gasteiger charge is 2.25. The van der Waals surface area contributed by atoms with Gasteiger partial charge in [-0.25, -0.2) is 9.78 Å². The van der Waals surface area contributed by atoms with Crippen LogP contribution >= 0.6 is 0 Å². The van der Waals surface area contributed by atoms with Gasteiger partial charge in [-0.15, -0.1) is 0 Å². The van der Waals surface area contributed by atoms with Crippen molar-refractivity contribution in [1.82, 2.24) is 14.8 Å². The van der Waals surface area contributed by atoms with E-state index in [1.165, 1.54) is 0 Å². The second-order valence-corrected chi connectivity index (χ2v) is 5.34. The fourth-order valence-electron chi connectivity index (χ4n) is 2.36. The van der Waals surface area contributed by atoms with E-state index in [1.807, 2.05) is 6.07 Å². The third kappa shape index (κ3) is 4.58. The van der Waals surface area contributed by atoms with Crippen molar-refractivity contribution in [3.8, 4) is 0 Å². The van der Waals surface area contributed by atoms with Crippen LogP contribution in [0.4, 0.5) is 10.5 Å². The Morgan fingerprint density at radius 2 is 1.87 bits per heavy atom. The van der Waals surface area contributed by atoms with Crippen LogP contribution in [0.25, 0.3) is 0 Å². The van der Waals surface area contributed by atoms with Gasteiger partial charge >= 0.3 is 6.09 Å². The molecule has 0 aliphatic carbocycles. The predicted molar refractivity (Wildman–Crippen MR) is 87.5 cm³/mol. The number of nitrogens with zero attached hydrogens (tertiary/aromatic N) is 3. The van der Waals surface area contributed by atoms with Crippen molar-refractivity contribution in [3.63, 3.8) is 0 Å². The number of rotatable bonds is 5. The van der Waals surface area contributed by atoms with E-state index in [0.717, 1.165) is 18.7 Å². The number of piperazine rings is 1. The van der Waals surface area contributed by atoms with E-state index in [2.05, 4.69) is 17.2 Å². The molecule has 1 aromatic rings. The van der Waals surface area contributed by atoms with Crippen molar-refractivity contribution in [2.45, 2.75) is 20.3 Å². The Morgan fingerprint density at radius 1 is 1.17 bits per heavy atom. The summed E-state index contributed by atoms with van der Waals surface area (Å²) in [5.74, 6) is -0.101. The Hall–Kier alpha value is -2.31. The number of aromatic nitrogens is 1. The van der Waals surface area contributed by atoms with Crippen LogP contribution in [-0.4, -0.2) is 66.1 Å². The third-order valence-corrected chi connectivity index (χ3v) is 3.65. The zero-order valence-corrected chi connectivity index (χ0v) is 13.7. The van der Waals surface area contributed by atoms with Gasteiger partial charge in [-0.1, -0.05) is 6.92 Å². The average molecular weight is 320 g/mol. The first-order valence-electron chi connectivity index (χ1n) is 8.06. The fourth-order valence-corrected chi connectivity index (χ4v) is 2.36. The molecule has 7 heteroatoms. The predicted octanol–water partition coefficient (Wildman–Crippen LogP) is 1.82. The summed E-state index contributed by atoms with van der Waals surface area (Å²) in [7, 11) is 0. The fraction of sp³-hybridized carbons (Fsp3) is 0.562. The van der Waals surface area contributed by atoms with Crippen LogP contribution in [0.15, 0.2) is 18.3 Å². The lowest BCUT2D eigenvalue weighted by atomic mass is 10.2. The first-order valence-corrected chi connectivity index (χ1v) is 8.06. The average Bonchev–Trinajstić information content (AvgIpc) is 2.60. The smallest absolute Gasteiger partial charge is 0.409 e. The molecule has 1 saturated heterocycles. The second-order valence-electron chi connectivity index (χ2n) is 5.34. The monoisotopic (exact) mass is 320 g/mol. The summed E-state index contributed by atoms with van der Waals surface area (Å²) in [6, 6.07) is 3.60. The van der Waals surface area contributed by atoms with Crippen LogP contribution in [-0.2, 0) is 4.74 Å². The van der Waals surface area contributed by atoms with Crippen molar-refractivity contribution in [2.75, 3.05) is 44.6 Å². The molecule has 0 spiro atoms. The van der Waals surface area contributed by atoms with Crippen LogP contribution in [0.2, 0.25) is 0 Å². The Bertz CT molecular complexity index is 525. The van der Waals surface area contributed by atoms with Gasteiger partial charge in [0.15, 0.2) is 0 Å². The van der Waals surface area contributed by atoms with Gasteiger partial charge in [-0.05, 0) is 25.5 Å². The van der Waals surface area contributed by atoms with Gasteiger partial charge in [-0.3, -0.25) is 4.79 Å². The van der Waals surface area contributed by atoms with E-state index >= 15 is 0 Å². The number of pyridine rings is 1. The number of carbonyl (C=O) groups excluding carboxylic acids is 2. The van der Waals surface area contributed by atoms with Crippen LogP contribution in [0.1, 0.15) is 30.8 Å². The minimum atomic E-state index is -0.316. The molecule has 1 aromatic heterocycles. The minimum Gasteiger partial charge on any atom is -0.450 e. The number of ether oxygens (including phenoxy) is 1. The largest absolute Gasteiger partial charge is 0.450 e. The molecule has 7 nitrogen and oxygen atoms in total. The number of hydrogen-bond acceptors (Lipinski definition) is 5. The number of anilines is 1. The van der Waals surface area contributed by atoms with E-state index in [1.54, 1.807) is 29.0 Å². The summed E-state index contributed by atoms with van der Waals surface area (Å²) in [5, 5.41) is 3.22. The molecule has 2 rings (SSSR count). The molecule has 2 heterocycles. The number of nitrogens with one attached hydrogen (secondary N) is 1. The SMILES string of the molecule is CCCNc1ccc(C(=O)N2CCN(C(=O)OCC)CC2)nc1. The molecule has 126 valence electrons. The van der Waals surface area contributed by atoms with Crippen LogP contribution in [0.3, 0.4) is 0 Å². The number of carbonyl (C=O) groups is 2. The first kappa shape index (κ1) is 17.1. The first-order chi connectivity index (χ1) is 11.2. The van der Waals surface area contributed by atoms with Gasteiger partial charge < -0.3 is 19.9 Å². The maximum atomic E-state index is 12.4. The lowest BCUT2D eigenvalue weighted by Crippen LogP contribution is -2.50. The van der Waals surface area contributed by atoms with E-state index < -0.39 is 0 Å². The van der Waals surface area contributed by atoms with Crippen molar-refractivity contribution in [1.29, 1.82) is 0 Å². The molecule has 0 saturated carbocycles. The lowest BCUT2D eigenvalue weighted by Gasteiger charge is -2.33. The van der Waals surface area contributed by atoms with Crippen molar-refractivity contribution in [3.05, 3.63) is 24.0 Å². The van der Waals surface area contributed by atoms with Gasteiger partial charge in [0.05, 0.1) is 18.5 Å². The summed E-state index contributed by atoms with van der Waals surface area (Å²) < 4.78 is 4.97. The highest BCUT2D eigenvalue weighted by atomic mass is 16.6. The summed E-state index contributed by atoms with van der Waals surface area (Å²) in [6.07, 6.45) is 2.40. The summed E-state index contributed by atoms with van der Waals surface area (Å²) in [6.45, 7) is 7.08. The summed E-state index contributed by atoms with van der Waals surface area (Å²) >= 11 is 0. The molecule has 0 atom stereocenters. The molecular formula is C16H24N4O3. The molecule has 1 N–H and O–H groups in total. The zero-order chi connectivity index (χ0) is 16.7. The maximum Gasteiger partial charge on any atom is 0.409 e. The van der Waals surface area contributed by atoms with E-state index in [-0.39, 0.29) is 12.0 Å². The number of hydrogen-bond donors (Lipinski definition) is 1. The Morgan fingerprint density at radius 3 is 2.43 bits per heavy atom. The van der Waals surface area contributed by atoms with Gasteiger partial charge in [0.1, 0.15) is 5.69 Å². The molecule has 1 fully saturated rings. The Balaban J connectivity index is 1.88. The number of amides is 2. The third-order valence-electron chi connectivity index (χ3n) is 3.65. The molecule has 0 bridgehead atoms. The Labute approximate surface area is 136 Å². The van der Waals surface area contributed by atoms with Gasteiger partial charge in [0.25, 0.3) is 5.91 Å². The quantitative estimate of drug-likeness (QED) is 0.895. The standard InChI is InChI=1S/C16H24N4O3/c1-3-7-17-13-5-6-14(18-12-13)15(21)19-8-10-20(11-9-19)16(22)23-4-2/h5-6,12,17H,3-4,7-11H2,1-2H3. The van der Waals surface area contributed by atoms with E-state index in [0.29, 0.717) is 38.5 Å². The molecule has 2 amide bonds. The highest BCUT2D eigenvalue weighted by molar-refractivity contribution is 5.92. The van der Waals surface area contributed by atoms with Gasteiger partial charge in [-0.2, -0.15) is 0 Å². The molecule has 1 aliphatic heterocycles. The van der Waals surface area contributed by atoms with Crippen molar-refractivity contribution < 1.29 is 14.3 Å². The molecule has 0 aromatic carbocycles. The maximum absolute atomic E-state index is 12.4. The normalized spacial score (nSPS) is 14.5. The van der Waals surface area contributed by atoms with Crippen molar-refractivity contribution in [2.24, 2.45) is 0 Å². The zero-order valence-electron chi connectivity index (χ0n) is 13.7.